The molecule has 1 aliphatic carbocycles. The molecular weight excluding hydrogens is 346 g/mol. The van der Waals surface area contributed by atoms with Crippen LogP contribution in [0.4, 0.5) is 0 Å². The van der Waals surface area contributed by atoms with Gasteiger partial charge in [0.25, 0.3) is 0 Å². The maximum atomic E-state index is 10.3. The third kappa shape index (κ3) is 2.06. The first-order valence-corrected chi connectivity index (χ1v) is 8.49. The number of phenols is 2. The third-order valence-corrected chi connectivity index (χ3v) is 4.94. The molecule has 0 atom stereocenters. The van der Waals surface area contributed by atoms with Gasteiger partial charge in [-0.1, -0.05) is 47.7 Å². The van der Waals surface area contributed by atoms with Crippen LogP contribution in [0.3, 0.4) is 0 Å². The zero-order valence-electron chi connectivity index (χ0n) is 13.5. The molecule has 0 aliphatic heterocycles. The summed E-state index contributed by atoms with van der Waals surface area (Å²) in [7, 11) is 0. The van der Waals surface area contributed by atoms with Crippen molar-refractivity contribution >= 4 is 35.6 Å². The Hall–Kier alpha value is -3.25. The average molecular weight is 359 g/mol. The summed E-state index contributed by atoms with van der Waals surface area (Å²) in [6.45, 7) is 0. The maximum absolute atomic E-state index is 10.3. The van der Waals surface area contributed by atoms with Crippen molar-refractivity contribution in [1.29, 1.82) is 0 Å². The predicted octanol–water partition coefficient (Wildman–Crippen LogP) is 4.27. The van der Waals surface area contributed by atoms with Gasteiger partial charge in [-0.05, 0) is 34.0 Å². The van der Waals surface area contributed by atoms with Crippen molar-refractivity contribution < 1.29 is 10.2 Å². The molecule has 0 fully saturated rings. The number of thiol groups is 1. The van der Waals surface area contributed by atoms with Gasteiger partial charge in [0.2, 0.25) is 0 Å². The summed E-state index contributed by atoms with van der Waals surface area (Å²) in [4.78, 5) is 0. The highest BCUT2D eigenvalue weighted by molar-refractivity contribution is 7.80. The third-order valence-electron chi connectivity index (χ3n) is 4.64. The van der Waals surface area contributed by atoms with Crippen LogP contribution in [0, 0.1) is 0 Å². The van der Waals surface area contributed by atoms with Gasteiger partial charge in [-0.25, -0.2) is 4.68 Å². The Morgan fingerprint density at radius 2 is 1.73 bits per heavy atom. The predicted molar refractivity (Wildman–Crippen MR) is 104 cm³/mol. The summed E-state index contributed by atoms with van der Waals surface area (Å²) < 4.78 is 1.55. The second-order valence-corrected chi connectivity index (χ2v) is 6.58. The smallest absolute Gasteiger partial charge is 0.145 e. The van der Waals surface area contributed by atoms with E-state index in [9.17, 15) is 10.2 Å². The number of hydrogen-bond acceptors (Lipinski definition) is 5. The van der Waals surface area contributed by atoms with Gasteiger partial charge in [0.05, 0.1) is 0 Å². The van der Waals surface area contributed by atoms with E-state index < -0.39 is 0 Å². The van der Waals surface area contributed by atoms with E-state index in [0.717, 1.165) is 10.9 Å². The molecular formula is C20H13N3O2S. The van der Waals surface area contributed by atoms with Crippen molar-refractivity contribution in [2.24, 2.45) is 0 Å². The molecule has 3 aromatic carbocycles. The molecule has 0 saturated carbocycles. The Labute approximate surface area is 154 Å². The highest BCUT2D eigenvalue weighted by atomic mass is 32.1. The Kier molecular flexibility index (Phi) is 3.11. The van der Waals surface area contributed by atoms with E-state index in [2.05, 4.69) is 53.3 Å². The van der Waals surface area contributed by atoms with Gasteiger partial charge in [0, 0.05) is 11.6 Å². The Morgan fingerprint density at radius 3 is 2.54 bits per heavy atom. The van der Waals surface area contributed by atoms with Crippen molar-refractivity contribution in [2.45, 2.75) is 5.03 Å². The monoisotopic (exact) mass is 359 g/mol. The molecule has 1 heterocycles. The van der Waals surface area contributed by atoms with Crippen LogP contribution >= 0.6 is 12.6 Å². The second-order valence-electron chi connectivity index (χ2n) is 6.15. The second kappa shape index (κ2) is 5.37. The Bertz CT molecular complexity index is 1220. The molecule has 0 bridgehead atoms. The molecule has 126 valence electrons. The van der Waals surface area contributed by atoms with Crippen LogP contribution in [0.1, 0.15) is 11.1 Å². The number of aromatic nitrogens is 3. The standard InChI is InChI=1S/C20H13N3O2S/c24-13-7-9-16(17(25)10-13)23-19(20(26)21-22-23)15-8-6-12-5-4-11-2-1-3-14(15)18(11)12/h1-10,24-26H. The van der Waals surface area contributed by atoms with Crippen LogP contribution in [-0.4, -0.2) is 25.2 Å². The summed E-state index contributed by atoms with van der Waals surface area (Å²) >= 11 is 4.49. The zero-order chi connectivity index (χ0) is 17.8. The van der Waals surface area contributed by atoms with E-state index in [1.165, 1.54) is 28.6 Å². The molecule has 0 amide bonds. The van der Waals surface area contributed by atoms with Gasteiger partial charge >= 0.3 is 0 Å². The topological polar surface area (TPSA) is 71.2 Å². The highest BCUT2D eigenvalue weighted by Gasteiger charge is 2.20. The van der Waals surface area contributed by atoms with Crippen LogP contribution in [0.5, 0.6) is 11.5 Å². The molecule has 4 aromatic rings. The fraction of sp³-hybridized carbons (Fsp3) is 0. The summed E-state index contributed by atoms with van der Waals surface area (Å²) in [6.07, 6.45) is 4.20. The quantitative estimate of drug-likeness (QED) is 0.412. The lowest BCUT2D eigenvalue weighted by atomic mass is 9.97. The van der Waals surface area contributed by atoms with Crippen molar-refractivity contribution in [2.75, 3.05) is 0 Å². The number of rotatable bonds is 2. The first-order chi connectivity index (χ1) is 12.6. The van der Waals surface area contributed by atoms with E-state index in [1.807, 2.05) is 12.1 Å². The molecule has 2 N–H and O–H groups in total. The number of phenolic OH excluding ortho intramolecular Hbond substituents is 2. The van der Waals surface area contributed by atoms with Crippen LogP contribution in [0.2, 0.25) is 0 Å². The largest absolute Gasteiger partial charge is 0.508 e. The lowest BCUT2D eigenvalue weighted by Gasteiger charge is -2.12. The van der Waals surface area contributed by atoms with E-state index in [0.29, 0.717) is 16.4 Å². The van der Waals surface area contributed by atoms with Gasteiger partial charge in [-0.3, -0.25) is 0 Å². The number of hydrogen-bond donors (Lipinski definition) is 3. The lowest BCUT2D eigenvalue weighted by molar-refractivity contribution is 0.447. The zero-order valence-corrected chi connectivity index (χ0v) is 14.4. The normalized spacial score (nSPS) is 12.2. The average Bonchev–Trinajstić information content (AvgIpc) is 3.21. The molecule has 0 spiro atoms. The fourth-order valence-electron chi connectivity index (χ4n) is 3.49. The fourth-order valence-corrected chi connectivity index (χ4v) is 3.75. The number of nitrogens with zero attached hydrogens (tertiary/aromatic N) is 3. The van der Waals surface area contributed by atoms with E-state index >= 15 is 0 Å². The molecule has 26 heavy (non-hydrogen) atoms. The van der Waals surface area contributed by atoms with Crippen molar-refractivity contribution in [1.82, 2.24) is 15.0 Å². The van der Waals surface area contributed by atoms with Gasteiger partial charge < -0.3 is 10.2 Å². The van der Waals surface area contributed by atoms with E-state index in [1.54, 1.807) is 10.7 Å². The summed E-state index contributed by atoms with van der Waals surface area (Å²) in [5.74, 6) is -0.104. The minimum absolute atomic E-state index is 0.0181. The molecule has 1 aromatic heterocycles. The minimum atomic E-state index is -0.0860. The van der Waals surface area contributed by atoms with Gasteiger partial charge in [0.15, 0.2) is 0 Å². The molecule has 6 heteroatoms. The Balaban J connectivity index is 1.82. The van der Waals surface area contributed by atoms with Gasteiger partial charge in [-0.2, -0.15) is 0 Å². The highest BCUT2D eigenvalue weighted by Crippen LogP contribution is 2.40. The van der Waals surface area contributed by atoms with Crippen molar-refractivity contribution in [3.8, 4) is 28.4 Å². The van der Waals surface area contributed by atoms with Crippen LogP contribution in [0.15, 0.2) is 53.6 Å². The number of aromatic hydroxyl groups is 2. The lowest BCUT2D eigenvalue weighted by Crippen LogP contribution is -2.00. The van der Waals surface area contributed by atoms with Gasteiger partial charge in [0.1, 0.15) is 27.9 Å². The summed E-state index contributed by atoms with van der Waals surface area (Å²) in [6, 6.07) is 14.6. The maximum Gasteiger partial charge on any atom is 0.145 e. The molecule has 1 aliphatic rings. The first-order valence-electron chi connectivity index (χ1n) is 8.05. The van der Waals surface area contributed by atoms with Gasteiger partial charge in [-0.15, -0.1) is 17.7 Å². The Morgan fingerprint density at radius 1 is 0.923 bits per heavy atom. The SMILES string of the molecule is Oc1ccc(-n2nnc(S)c2-c2ccc3c4c(cccc24)C=C3)c(O)c1. The molecule has 0 saturated heterocycles. The van der Waals surface area contributed by atoms with E-state index in [-0.39, 0.29) is 11.5 Å². The van der Waals surface area contributed by atoms with E-state index in [4.69, 9.17) is 0 Å². The molecule has 5 nitrogen and oxygen atoms in total. The first kappa shape index (κ1) is 15.0. The molecule has 0 radical (unpaired) electrons. The molecule has 5 rings (SSSR count). The summed E-state index contributed by atoms with van der Waals surface area (Å²) in [5.41, 5.74) is 4.38. The van der Waals surface area contributed by atoms with Crippen LogP contribution < -0.4 is 0 Å². The minimum Gasteiger partial charge on any atom is -0.508 e. The summed E-state index contributed by atoms with van der Waals surface area (Å²) in [5, 5.41) is 30.8. The number of benzene rings is 3. The van der Waals surface area contributed by atoms with Crippen molar-refractivity contribution in [3.63, 3.8) is 0 Å². The van der Waals surface area contributed by atoms with Crippen LogP contribution in [-0.2, 0) is 0 Å². The van der Waals surface area contributed by atoms with Crippen LogP contribution in [0.25, 0.3) is 39.9 Å². The molecule has 0 unspecified atom stereocenters. The van der Waals surface area contributed by atoms with Crippen molar-refractivity contribution in [3.05, 3.63) is 59.7 Å².